The van der Waals surface area contributed by atoms with Gasteiger partial charge in [0.15, 0.2) is 5.82 Å². The van der Waals surface area contributed by atoms with Gasteiger partial charge in [-0.1, -0.05) is 0 Å². The third-order valence-corrected chi connectivity index (χ3v) is 1.92. The fourth-order valence-electron chi connectivity index (χ4n) is 1.24. The predicted octanol–water partition coefficient (Wildman–Crippen LogP) is 3.11. The number of halogens is 4. The van der Waals surface area contributed by atoms with Crippen molar-refractivity contribution in [1.82, 2.24) is 4.98 Å². The normalized spacial score (nSPS) is 10.5. The third-order valence-electron chi connectivity index (χ3n) is 1.92. The summed E-state index contributed by atoms with van der Waals surface area (Å²) in [5, 5.41) is 0. The molecule has 1 aromatic carbocycles. The Kier molecular flexibility index (Phi) is 2.60. The van der Waals surface area contributed by atoms with Gasteiger partial charge in [-0.15, -0.1) is 0 Å². The molecule has 0 amide bonds. The van der Waals surface area contributed by atoms with Gasteiger partial charge in [-0.2, -0.15) is 0 Å². The van der Waals surface area contributed by atoms with Gasteiger partial charge in [0.25, 0.3) is 0 Å². The van der Waals surface area contributed by atoms with Crippen LogP contribution < -0.4 is 0 Å². The van der Waals surface area contributed by atoms with Crippen LogP contribution in [0.15, 0.2) is 24.4 Å². The number of hydrogen-bond donors (Lipinski definition) is 0. The minimum absolute atomic E-state index is 0.265. The van der Waals surface area contributed by atoms with Crippen LogP contribution in [0.2, 0.25) is 0 Å². The quantitative estimate of drug-likeness (QED) is 0.681. The van der Waals surface area contributed by atoms with E-state index in [-0.39, 0.29) is 11.3 Å². The summed E-state index contributed by atoms with van der Waals surface area (Å²) in [5.74, 6) is -3.85. The van der Waals surface area contributed by atoms with Crippen LogP contribution >= 0.6 is 0 Å². The van der Waals surface area contributed by atoms with Gasteiger partial charge in [0.2, 0.25) is 0 Å². The fraction of sp³-hybridized carbons (Fsp3) is 0. The molecule has 0 spiro atoms. The van der Waals surface area contributed by atoms with Crippen LogP contribution in [-0.2, 0) is 0 Å². The van der Waals surface area contributed by atoms with E-state index in [9.17, 15) is 17.6 Å². The van der Waals surface area contributed by atoms with E-state index in [0.29, 0.717) is 6.07 Å². The number of hydrogen-bond acceptors (Lipinski definition) is 1. The van der Waals surface area contributed by atoms with Crippen molar-refractivity contribution in [3.63, 3.8) is 0 Å². The van der Waals surface area contributed by atoms with Gasteiger partial charge in [0.05, 0.1) is 12.3 Å². The molecule has 5 heteroatoms. The van der Waals surface area contributed by atoms with E-state index < -0.39 is 23.3 Å². The van der Waals surface area contributed by atoms with E-state index in [4.69, 9.17) is 0 Å². The van der Waals surface area contributed by atoms with Crippen molar-refractivity contribution in [2.75, 3.05) is 0 Å². The van der Waals surface area contributed by atoms with Gasteiger partial charge in [-0.3, -0.25) is 4.98 Å². The van der Waals surface area contributed by atoms with E-state index in [1.165, 1.54) is 0 Å². The van der Waals surface area contributed by atoms with Gasteiger partial charge in [0.1, 0.15) is 23.1 Å². The Morgan fingerprint density at radius 1 is 1.06 bits per heavy atom. The van der Waals surface area contributed by atoms with E-state index in [1.54, 1.807) is 6.07 Å². The zero-order valence-corrected chi connectivity index (χ0v) is 7.77. The molecular formula is C11H4F4N. The Morgan fingerprint density at radius 3 is 2.44 bits per heavy atom. The first-order chi connectivity index (χ1) is 7.58. The topological polar surface area (TPSA) is 12.9 Å². The molecule has 0 saturated heterocycles. The van der Waals surface area contributed by atoms with Crippen molar-refractivity contribution in [3.05, 3.63) is 53.7 Å². The van der Waals surface area contributed by atoms with Crippen LogP contribution in [0.3, 0.4) is 0 Å². The minimum atomic E-state index is -1.07. The van der Waals surface area contributed by atoms with Crippen molar-refractivity contribution in [2.45, 2.75) is 0 Å². The third kappa shape index (κ3) is 1.88. The summed E-state index contributed by atoms with van der Waals surface area (Å²) >= 11 is 0. The molecule has 0 bridgehead atoms. The molecule has 0 unspecified atom stereocenters. The van der Waals surface area contributed by atoms with Gasteiger partial charge >= 0.3 is 0 Å². The number of pyridine rings is 1. The van der Waals surface area contributed by atoms with Crippen molar-refractivity contribution < 1.29 is 17.6 Å². The molecule has 1 nitrogen and oxygen atoms in total. The summed E-state index contributed by atoms with van der Waals surface area (Å²) < 4.78 is 51.6. The van der Waals surface area contributed by atoms with Crippen LogP contribution in [-0.4, -0.2) is 4.98 Å². The second-order valence-electron chi connectivity index (χ2n) is 3.02. The Morgan fingerprint density at radius 2 is 1.81 bits per heavy atom. The maximum Gasteiger partial charge on any atom is 0.152 e. The van der Waals surface area contributed by atoms with Crippen molar-refractivity contribution in [2.24, 2.45) is 0 Å². The first-order valence-electron chi connectivity index (χ1n) is 4.26. The molecule has 0 aliphatic rings. The van der Waals surface area contributed by atoms with Gasteiger partial charge in [-0.25, -0.2) is 17.6 Å². The average molecular weight is 226 g/mol. The molecule has 2 rings (SSSR count). The van der Waals surface area contributed by atoms with E-state index in [2.05, 4.69) is 4.98 Å². The van der Waals surface area contributed by atoms with Crippen LogP contribution in [0.4, 0.5) is 17.6 Å². The summed E-state index contributed by atoms with van der Waals surface area (Å²) in [6, 6.07) is 4.26. The van der Waals surface area contributed by atoms with Crippen LogP contribution in [0.1, 0.15) is 0 Å². The molecule has 1 heterocycles. The van der Waals surface area contributed by atoms with Gasteiger partial charge < -0.3 is 0 Å². The summed E-state index contributed by atoms with van der Waals surface area (Å²) in [4.78, 5) is 3.41. The lowest BCUT2D eigenvalue weighted by molar-refractivity contribution is 0.566. The van der Waals surface area contributed by atoms with E-state index in [1.807, 2.05) is 0 Å². The monoisotopic (exact) mass is 226 g/mol. The average Bonchev–Trinajstić information content (AvgIpc) is 2.19. The Hall–Kier alpha value is -1.91. The molecule has 0 aliphatic carbocycles. The molecule has 1 radical (unpaired) electrons. The maximum absolute atomic E-state index is 13.2. The summed E-state index contributed by atoms with van der Waals surface area (Å²) in [5.41, 5.74) is -0.644. The van der Waals surface area contributed by atoms with Crippen molar-refractivity contribution >= 4 is 0 Å². The van der Waals surface area contributed by atoms with Crippen LogP contribution in [0.25, 0.3) is 11.3 Å². The lowest BCUT2D eigenvalue weighted by Gasteiger charge is -2.03. The molecule has 0 saturated carbocycles. The molecule has 0 fully saturated rings. The smallest absolute Gasteiger partial charge is 0.152 e. The fourth-order valence-corrected chi connectivity index (χ4v) is 1.24. The Labute approximate surface area is 88.4 Å². The molecule has 0 atom stereocenters. The standard InChI is InChI=1S/C11H4F4N/c12-6-1-2-8(9(14)3-6)11-10(15)4-7(13)5-16-11/h1-2,4-5H. The zero-order valence-electron chi connectivity index (χ0n) is 7.77. The minimum Gasteiger partial charge on any atom is -0.250 e. The van der Waals surface area contributed by atoms with Gasteiger partial charge in [0, 0.05) is 11.6 Å². The Bertz CT molecular complexity index is 490. The molecule has 0 N–H and O–H groups in total. The lowest BCUT2D eigenvalue weighted by Crippen LogP contribution is -1.94. The van der Waals surface area contributed by atoms with Crippen molar-refractivity contribution in [1.29, 1.82) is 0 Å². The summed E-state index contributed by atoms with van der Waals surface area (Å²) in [6.45, 7) is 0. The largest absolute Gasteiger partial charge is 0.250 e. The highest BCUT2D eigenvalue weighted by atomic mass is 19.1. The molecule has 81 valence electrons. The van der Waals surface area contributed by atoms with E-state index in [0.717, 1.165) is 18.3 Å². The summed E-state index contributed by atoms with van der Waals surface area (Å²) in [6.07, 6.45) is 0.751. The number of nitrogens with zero attached hydrogens (tertiary/aromatic N) is 1. The van der Waals surface area contributed by atoms with Crippen molar-refractivity contribution in [3.8, 4) is 11.3 Å². The molecular weight excluding hydrogens is 222 g/mol. The number of rotatable bonds is 1. The SMILES string of the molecule is Fc1[c]c(F)c(-c2ncc(F)cc2F)cc1. The highest BCUT2D eigenvalue weighted by Gasteiger charge is 2.13. The second kappa shape index (κ2) is 3.92. The summed E-state index contributed by atoms with van der Waals surface area (Å²) in [7, 11) is 0. The second-order valence-corrected chi connectivity index (χ2v) is 3.02. The number of benzene rings is 1. The number of aromatic nitrogens is 1. The highest BCUT2D eigenvalue weighted by Crippen LogP contribution is 2.23. The first kappa shape index (κ1) is 10.6. The molecule has 16 heavy (non-hydrogen) atoms. The lowest BCUT2D eigenvalue weighted by atomic mass is 10.1. The predicted molar refractivity (Wildman–Crippen MR) is 48.3 cm³/mol. The Balaban J connectivity index is 2.59. The van der Waals surface area contributed by atoms with Gasteiger partial charge in [-0.05, 0) is 12.1 Å². The molecule has 0 aliphatic heterocycles. The molecule has 2 aromatic rings. The van der Waals surface area contributed by atoms with Crippen LogP contribution in [0, 0.1) is 29.3 Å². The zero-order chi connectivity index (χ0) is 11.7. The molecule has 1 aromatic heterocycles. The maximum atomic E-state index is 13.2. The first-order valence-corrected chi connectivity index (χ1v) is 4.26. The highest BCUT2D eigenvalue weighted by molar-refractivity contribution is 5.60. The van der Waals surface area contributed by atoms with Crippen LogP contribution in [0.5, 0.6) is 0 Å². The van der Waals surface area contributed by atoms with E-state index >= 15 is 0 Å².